The van der Waals surface area contributed by atoms with Gasteiger partial charge in [-0.3, -0.25) is 4.79 Å². The highest BCUT2D eigenvalue weighted by Gasteiger charge is 2.40. The number of nitrogens with one attached hydrogen (secondary N) is 1. The summed E-state index contributed by atoms with van der Waals surface area (Å²) < 4.78 is 7.29. The first-order chi connectivity index (χ1) is 12.7. The number of carboxylic acids is 1. The monoisotopic (exact) mass is 356 g/mol. The van der Waals surface area contributed by atoms with E-state index in [9.17, 15) is 9.90 Å². The molecule has 7 heteroatoms. The van der Waals surface area contributed by atoms with Gasteiger partial charge in [-0.05, 0) is 49.3 Å². The topological polar surface area (TPSA) is 89.3 Å². The second-order valence-electron chi connectivity index (χ2n) is 7.27. The highest BCUT2D eigenvalue weighted by atomic mass is 16.5. The average Bonchev–Trinajstić information content (AvgIpc) is 3.30. The number of carbonyl (C=O) groups is 1. The summed E-state index contributed by atoms with van der Waals surface area (Å²) in [5, 5.41) is 21.2. The van der Waals surface area contributed by atoms with Crippen LogP contribution in [0, 0.1) is 5.92 Å². The van der Waals surface area contributed by atoms with Crippen molar-refractivity contribution in [2.45, 2.75) is 50.2 Å². The number of benzene rings is 1. The summed E-state index contributed by atoms with van der Waals surface area (Å²) in [5.74, 6) is -0.0935. The number of fused-ring (bicyclic) bond motifs is 1. The van der Waals surface area contributed by atoms with E-state index in [0.717, 1.165) is 25.0 Å². The molecule has 138 valence electrons. The number of rotatable bonds is 5. The first-order valence-corrected chi connectivity index (χ1v) is 9.15. The minimum absolute atomic E-state index is 0.0327. The standard InChI is InChI=1S/C19H24N4O3/c1-26-18-4-2-3-12-9-14(5-6-15(12)18)21-16-10-13(19(24)25)11-17(16)23-8-7-20-22-23/h2-4,7-8,13-14,16-17,21H,5-6,9-11H2,1H3,(H,24,25)/t13?,14?,16-,17+/m1/s1. The van der Waals surface area contributed by atoms with Crippen LogP contribution < -0.4 is 10.1 Å². The molecule has 1 saturated carbocycles. The van der Waals surface area contributed by atoms with E-state index in [4.69, 9.17) is 4.74 Å². The molecule has 0 bridgehead atoms. The molecule has 1 aromatic heterocycles. The number of ether oxygens (including phenoxy) is 1. The Morgan fingerprint density at radius 2 is 2.27 bits per heavy atom. The Bertz CT molecular complexity index is 777. The molecule has 0 amide bonds. The molecule has 1 heterocycles. The summed E-state index contributed by atoms with van der Waals surface area (Å²) in [6, 6.07) is 6.67. The Balaban J connectivity index is 1.49. The zero-order valence-electron chi connectivity index (χ0n) is 14.8. The zero-order valence-corrected chi connectivity index (χ0v) is 14.8. The molecule has 2 aliphatic rings. The van der Waals surface area contributed by atoms with Crippen molar-refractivity contribution in [3.8, 4) is 5.75 Å². The Labute approximate surface area is 152 Å². The van der Waals surface area contributed by atoms with Crippen LogP contribution in [0.2, 0.25) is 0 Å². The summed E-state index contributed by atoms with van der Waals surface area (Å²) in [6.07, 6.45) is 7.62. The van der Waals surface area contributed by atoms with Gasteiger partial charge in [0.2, 0.25) is 0 Å². The first-order valence-electron chi connectivity index (χ1n) is 9.15. The van der Waals surface area contributed by atoms with Crippen molar-refractivity contribution in [1.29, 1.82) is 0 Å². The largest absolute Gasteiger partial charge is 0.496 e. The summed E-state index contributed by atoms with van der Waals surface area (Å²) in [6.45, 7) is 0. The number of methoxy groups -OCH3 is 1. The maximum Gasteiger partial charge on any atom is 0.306 e. The fourth-order valence-electron chi connectivity index (χ4n) is 4.49. The molecular weight excluding hydrogens is 332 g/mol. The van der Waals surface area contributed by atoms with Gasteiger partial charge in [-0.1, -0.05) is 17.3 Å². The molecule has 0 saturated heterocycles. The fourth-order valence-corrected chi connectivity index (χ4v) is 4.49. The van der Waals surface area contributed by atoms with Crippen LogP contribution in [0.15, 0.2) is 30.6 Å². The highest BCUT2D eigenvalue weighted by molar-refractivity contribution is 5.70. The smallest absolute Gasteiger partial charge is 0.306 e. The first kappa shape index (κ1) is 17.0. The van der Waals surface area contributed by atoms with E-state index < -0.39 is 5.97 Å². The van der Waals surface area contributed by atoms with E-state index in [1.807, 2.05) is 18.3 Å². The lowest BCUT2D eigenvalue weighted by molar-refractivity contribution is -0.141. The molecule has 0 spiro atoms. The van der Waals surface area contributed by atoms with Crippen molar-refractivity contribution < 1.29 is 14.6 Å². The normalized spacial score (nSPS) is 27.9. The molecule has 7 nitrogen and oxygen atoms in total. The number of hydrogen-bond acceptors (Lipinski definition) is 5. The van der Waals surface area contributed by atoms with E-state index in [1.165, 1.54) is 11.1 Å². The van der Waals surface area contributed by atoms with Gasteiger partial charge >= 0.3 is 5.97 Å². The predicted octanol–water partition coefficient (Wildman–Crippen LogP) is 1.84. The molecule has 4 atom stereocenters. The van der Waals surface area contributed by atoms with Gasteiger partial charge in [-0.25, -0.2) is 4.68 Å². The van der Waals surface area contributed by atoms with E-state index in [1.54, 1.807) is 18.0 Å². The molecule has 2 aromatic rings. The predicted molar refractivity (Wildman–Crippen MR) is 95.1 cm³/mol. The number of aromatic nitrogens is 3. The minimum atomic E-state index is -0.724. The Morgan fingerprint density at radius 1 is 1.38 bits per heavy atom. The molecule has 1 aromatic carbocycles. The number of carboxylic acid groups (broad SMARTS) is 1. The van der Waals surface area contributed by atoms with Crippen LogP contribution in [0.25, 0.3) is 0 Å². The van der Waals surface area contributed by atoms with Crippen molar-refractivity contribution in [3.05, 3.63) is 41.7 Å². The Kier molecular flexibility index (Phi) is 4.63. The van der Waals surface area contributed by atoms with Crippen molar-refractivity contribution in [3.63, 3.8) is 0 Å². The lowest BCUT2D eigenvalue weighted by atomic mass is 9.87. The lowest BCUT2D eigenvalue weighted by Gasteiger charge is -2.31. The van der Waals surface area contributed by atoms with E-state index in [0.29, 0.717) is 18.9 Å². The summed E-state index contributed by atoms with van der Waals surface area (Å²) in [5.41, 5.74) is 2.62. The van der Waals surface area contributed by atoms with Gasteiger partial charge in [-0.15, -0.1) is 5.10 Å². The van der Waals surface area contributed by atoms with Gasteiger partial charge < -0.3 is 15.2 Å². The molecule has 2 unspecified atom stereocenters. The summed E-state index contributed by atoms with van der Waals surface area (Å²) in [4.78, 5) is 11.5. The van der Waals surface area contributed by atoms with Crippen molar-refractivity contribution in [2.75, 3.05) is 7.11 Å². The Hall–Kier alpha value is -2.41. The third-order valence-corrected chi connectivity index (χ3v) is 5.77. The molecule has 2 aliphatic carbocycles. The zero-order chi connectivity index (χ0) is 18.1. The van der Waals surface area contributed by atoms with Crippen LogP contribution in [-0.2, 0) is 17.6 Å². The summed E-state index contributed by atoms with van der Waals surface area (Å²) in [7, 11) is 1.72. The van der Waals surface area contributed by atoms with Crippen molar-refractivity contribution in [1.82, 2.24) is 20.3 Å². The van der Waals surface area contributed by atoms with Gasteiger partial charge in [0.15, 0.2) is 0 Å². The number of hydrogen-bond donors (Lipinski definition) is 2. The van der Waals surface area contributed by atoms with Crippen molar-refractivity contribution in [2.24, 2.45) is 5.92 Å². The van der Waals surface area contributed by atoms with E-state index in [-0.39, 0.29) is 18.0 Å². The van der Waals surface area contributed by atoms with Gasteiger partial charge in [-0.2, -0.15) is 0 Å². The molecule has 0 radical (unpaired) electrons. The number of aliphatic carboxylic acids is 1. The number of nitrogens with zero attached hydrogens (tertiary/aromatic N) is 3. The quantitative estimate of drug-likeness (QED) is 0.850. The van der Waals surface area contributed by atoms with Crippen LogP contribution in [0.5, 0.6) is 5.75 Å². The van der Waals surface area contributed by atoms with Crippen LogP contribution in [0.1, 0.15) is 36.4 Å². The van der Waals surface area contributed by atoms with Crippen LogP contribution in [0.4, 0.5) is 0 Å². The van der Waals surface area contributed by atoms with E-state index >= 15 is 0 Å². The van der Waals surface area contributed by atoms with Crippen LogP contribution in [0.3, 0.4) is 0 Å². The Morgan fingerprint density at radius 3 is 3.00 bits per heavy atom. The maximum atomic E-state index is 11.5. The maximum absolute atomic E-state index is 11.5. The van der Waals surface area contributed by atoms with Gasteiger partial charge in [0.05, 0.1) is 25.3 Å². The second kappa shape index (κ2) is 7.07. The fraction of sp³-hybridized carbons (Fsp3) is 0.526. The molecule has 1 fully saturated rings. The third-order valence-electron chi connectivity index (χ3n) is 5.77. The van der Waals surface area contributed by atoms with Crippen LogP contribution >= 0.6 is 0 Å². The second-order valence-corrected chi connectivity index (χ2v) is 7.27. The van der Waals surface area contributed by atoms with E-state index in [2.05, 4.69) is 21.7 Å². The van der Waals surface area contributed by atoms with Crippen molar-refractivity contribution >= 4 is 5.97 Å². The molecular formula is C19H24N4O3. The van der Waals surface area contributed by atoms with Crippen LogP contribution in [-0.4, -0.2) is 45.3 Å². The SMILES string of the molecule is COc1cccc2c1CCC(N[C@@H]1CC(C(=O)O)C[C@@H]1n1ccnn1)C2. The molecule has 0 aliphatic heterocycles. The lowest BCUT2D eigenvalue weighted by Crippen LogP contribution is -2.44. The molecule has 4 rings (SSSR count). The molecule has 2 N–H and O–H groups in total. The highest BCUT2D eigenvalue weighted by Crippen LogP contribution is 2.36. The average molecular weight is 356 g/mol. The summed E-state index contributed by atoms with van der Waals surface area (Å²) >= 11 is 0. The molecule has 26 heavy (non-hydrogen) atoms. The van der Waals surface area contributed by atoms with Gasteiger partial charge in [0, 0.05) is 18.3 Å². The van der Waals surface area contributed by atoms with Gasteiger partial charge in [0.25, 0.3) is 0 Å². The minimum Gasteiger partial charge on any atom is -0.496 e. The van der Waals surface area contributed by atoms with Gasteiger partial charge in [0.1, 0.15) is 5.75 Å². The third kappa shape index (κ3) is 3.19.